The van der Waals surface area contributed by atoms with Crippen LogP contribution in [0.4, 0.5) is 4.79 Å². The number of ether oxygens (including phenoxy) is 1. The van der Waals surface area contributed by atoms with E-state index >= 15 is 0 Å². The van der Waals surface area contributed by atoms with Crippen LogP contribution in [0.2, 0.25) is 36.3 Å². The zero-order chi connectivity index (χ0) is 25.7. The Labute approximate surface area is 207 Å². The summed E-state index contributed by atoms with van der Waals surface area (Å²) in [5.74, 6) is -0.569. The summed E-state index contributed by atoms with van der Waals surface area (Å²) >= 11 is 0. The fourth-order valence-corrected chi connectivity index (χ4v) is 6.81. The fourth-order valence-electron chi connectivity index (χ4n) is 4.16. The Morgan fingerprint density at radius 1 is 0.912 bits per heavy atom. The van der Waals surface area contributed by atoms with Crippen LogP contribution in [-0.4, -0.2) is 51.8 Å². The van der Waals surface area contributed by atoms with Crippen molar-refractivity contribution in [3.8, 4) is 0 Å². The van der Waals surface area contributed by atoms with E-state index in [2.05, 4.69) is 67.7 Å². The second-order valence-corrected chi connectivity index (χ2v) is 22.4. The van der Waals surface area contributed by atoms with Crippen LogP contribution in [0.25, 0.3) is 0 Å². The molecule has 1 aromatic carbocycles. The lowest BCUT2D eigenvalue weighted by Gasteiger charge is -2.47. The third kappa shape index (κ3) is 5.20. The van der Waals surface area contributed by atoms with Crippen molar-refractivity contribution >= 4 is 28.6 Å². The maximum atomic E-state index is 13.4. The van der Waals surface area contributed by atoms with E-state index in [-0.39, 0.29) is 46.8 Å². The molecule has 0 spiro atoms. The van der Waals surface area contributed by atoms with E-state index in [1.807, 2.05) is 30.3 Å². The van der Waals surface area contributed by atoms with Gasteiger partial charge in [0.25, 0.3) is 0 Å². The first kappa shape index (κ1) is 27.1. The molecule has 1 aliphatic heterocycles. The normalized spacial score (nSPS) is 25.7. The molecule has 2 aliphatic rings. The summed E-state index contributed by atoms with van der Waals surface area (Å²) in [6.45, 7) is 22.2. The third-order valence-electron chi connectivity index (χ3n) is 8.36. The second kappa shape index (κ2) is 9.19. The van der Waals surface area contributed by atoms with Crippen LogP contribution in [0.15, 0.2) is 30.3 Å². The molecule has 1 aromatic rings. The Morgan fingerprint density at radius 2 is 1.41 bits per heavy atom. The number of imide groups is 1. The summed E-state index contributed by atoms with van der Waals surface area (Å²) in [7, 11) is -4.34. The molecule has 1 saturated carbocycles. The molecule has 0 unspecified atom stereocenters. The van der Waals surface area contributed by atoms with Crippen molar-refractivity contribution in [2.75, 3.05) is 0 Å². The predicted molar refractivity (Wildman–Crippen MR) is 140 cm³/mol. The molecule has 1 saturated heterocycles. The number of likely N-dealkylation sites (tertiary alicyclic amines) is 1. The Bertz CT molecular complexity index is 904. The van der Waals surface area contributed by atoms with Gasteiger partial charge < -0.3 is 13.6 Å². The second-order valence-electron chi connectivity index (χ2n) is 12.8. The van der Waals surface area contributed by atoms with Gasteiger partial charge in [-0.05, 0) is 48.2 Å². The number of rotatable bonds is 6. The van der Waals surface area contributed by atoms with Gasteiger partial charge in [-0.15, -0.1) is 0 Å². The average molecular weight is 506 g/mol. The minimum atomic E-state index is -2.18. The molecule has 1 aliphatic carbocycles. The lowest BCUT2D eigenvalue weighted by molar-refractivity contribution is -0.141. The smallest absolute Gasteiger partial charge is 0.417 e. The van der Waals surface area contributed by atoms with E-state index in [1.165, 1.54) is 4.90 Å². The lowest BCUT2D eigenvalue weighted by Crippen LogP contribution is -2.61. The average Bonchev–Trinajstić information content (AvgIpc) is 3.20. The van der Waals surface area contributed by atoms with Gasteiger partial charge in [0.2, 0.25) is 5.91 Å². The molecular formula is C26H43NO5Si2. The predicted octanol–water partition coefficient (Wildman–Crippen LogP) is 6.33. The summed E-state index contributed by atoms with van der Waals surface area (Å²) in [4.78, 5) is 27.8. The van der Waals surface area contributed by atoms with Crippen LogP contribution in [0.3, 0.4) is 0 Å². The Hall–Kier alpha value is -1.49. The molecule has 3 rings (SSSR count). The molecule has 2 amide bonds. The maximum Gasteiger partial charge on any atom is 0.417 e. The molecule has 1 heterocycles. The largest absolute Gasteiger partial charge is 0.444 e. The number of piperidine rings is 1. The number of benzene rings is 1. The van der Waals surface area contributed by atoms with Crippen molar-refractivity contribution in [3.63, 3.8) is 0 Å². The van der Waals surface area contributed by atoms with Gasteiger partial charge in [-0.1, -0.05) is 71.9 Å². The van der Waals surface area contributed by atoms with E-state index in [0.29, 0.717) is 6.42 Å². The number of amides is 2. The van der Waals surface area contributed by atoms with Gasteiger partial charge in [0, 0.05) is 0 Å². The van der Waals surface area contributed by atoms with Crippen molar-refractivity contribution in [1.29, 1.82) is 0 Å². The highest BCUT2D eigenvalue weighted by Gasteiger charge is 2.63. The molecular weight excluding hydrogens is 462 g/mol. The van der Waals surface area contributed by atoms with Crippen molar-refractivity contribution in [3.05, 3.63) is 35.9 Å². The van der Waals surface area contributed by atoms with Gasteiger partial charge in [-0.3, -0.25) is 4.79 Å². The molecule has 0 N–H and O–H groups in total. The zero-order valence-electron chi connectivity index (χ0n) is 22.6. The van der Waals surface area contributed by atoms with Crippen molar-refractivity contribution in [2.24, 2.45) is 5.92 Å². The highest BCUT2D eigenvalue weighted by molar-refractivity contribution is 6.74. The topological polar surface area (TPSA) is 65.1 Å². The van der Waals surface area contributed by atoms with Crippen LogP contribution < -0.4 is 0 Å². The lowest BCUT2D eigenvalue weighted by atomic mass is 10.0. The highest BCUT2D eigenvalue weighted by Crippen LogP contribution is 2.49. The van der Waals surface area contributed by atoms with E-state index in [1.54, 1.807) is 0 Å². The number of fused-ring (bicyclic) bond motifs is 2. The summed E-state index contributed by atoms with van der Waals surface area (Å²) in [6.07, 6.45) is -0.679. The van der Waals surface area contributed by atoms with Gasteiger partial charge in [-0.25, -0.2) is 9.69 Å². The number of carbonyl (C=O) groups excluding carboxylic acids is 2. The van der Waals surface area contributed by atoms with Gasteiger partial charge in [-0.2, -0.15) is 0 Å². The van der Waals surface area contributed by atoms with Gasteiger partial charge >= 0.3 is 6.09 Å². The van der Waals surface area contributed by atoms with Crippen molar-refractivity contribution in [1.82, 2.24) is 4.90 Å². The van der Waals surface area contributed by atoms with Gasteiger partial charge in [0.05, 0.1) is 24.2 Å². The van der Waals surface area contributed by atoms with Crippen molar-refractivity contribution in [2.45, 2.75) is 109 Å². The van der Waals surface area contributed by atoms with Crippen LogP contribution in [-0.2, 0) is 25.0 Å². The Kier molecular flexibility index (Phi) is 7.32. The van der Waals surface area contributed by atoms with Crippen molar-refractivity contribution < 1.29 is 23.2 Å². The molecule has 8 heteroatoms. The van der Waals surface area contributed by atoms with E-state index in [9.17, 15) is 9.59 Å². The minimum absolute atomic E-state index is 0.000978. The molecule has 4 atom stereocenters. The summed E-state index contributed by atoms with van der Waals surface area (Å²) < 4.78 is 19.3. The van der Waals surface area contributed by atoms with Crippen LogP contribution >= 0.6 is 0 Å². The Morgan fingerprint density at radius 3 is 1.91 bits per heavy atom. The van der Waals surface area contributed by atoms with Crippen LogP contribution in [0.1, 0.15) is 53.5 Å². The van der Waals surface area contributed by atoms with E-state index < -0.39 is 22.7 Å². The summed E-state index contributed by atoms with van der Waals surface area (Å²) in [5, 5.41) is 0.00667. The van der Waals surface area contributed by atoms with E-state index in [0.717, 1.165) is 5.56 Å². The molecule has 0 radical (unpaired) electrons. The number of hydrogen-bond acceptors (Lipinski definition) is 5. The van der Waals surface area contributed by atoms with Gasteiger partial charge in [0.15, 0.2) is 16.6 Å². The van der Waals surface area contributed by atoms with E-state index in [4.69, 9.17) is 13.6 Å². The SMILES string of the molecule is CC(C)(C)[Si](C)(C)O[C@@H]1[C@H](O[Si](C)(C)C(C)(C)C)[C@@H]2C[C@H]1N(C(=O)OCc1ccccc1)C2=O. The fraction of sp³-hybridized carbons (Fsp3) is 0.692. The molecule has 190 valence electrons. The van der Waals surface area contributed by atoms with Crippen LogP contribution in [0.5, 0.6) is 0 Å². The molecule has 0 aromatic heterocycles. The quantitative estimate of drug-likeness (QED) is 0.422. The first-order chi connectivity index (χ1) is 15.5. The number of nitrogens with zero attached hydrogens (tertiary/aromatic N) is 1. The zero-order valence-corrected chi connectivity index (χ0v) is 24.6. The van der Waals surface area contributed by atoms with Gasteiger partial charge in [0.1, 0.15) is 6.61 Å². The van der Waals surface area contributed by atoms with Crippen LogP contribution in [0, 0.1) is 5.92 Å². The first-order valence-corrected chi connectivity index (χ1v) is 18.2. The molecule has 2 fully saturated rings. The molecule has 2 bridgehead atoms. The number of carbonyl (C=O) groups is 2. The number of hydrogen-bond donors (Lipinski definition) is 0. The molecule has 34 heavy (non-hydrogen) atoms. The molecule has 6 nitrogen and oxygen atoms in total. The Balaban J connectivity index is 1.86. The summed E-state index contributed by atoms with van der Waals surface area (Å²) in [5.41, 5.74) is 0.890. The summed E-state index contributed by atoms with van der Waals surface area (Å²) in [6, 6.07) is 9.16. The standard InChI is InChI=1S/C26H43NO5Si2/c1-25(2,3)33(7,8)31-21-19-16-20(22(21)32-34(9,10)26(4,5)6)27(23(19)28)24(29)30-17-18-14-12-11-13-15-18/h11-15,19-22H,16-17H2,1-10H3/t19-,20+,21+,22-/m0/s1. The maximum absolute atomic E-state index is 13.4. The highest BCUT2D eigenvalue weighted by atomic mass is 28.4. The monoisotopic (exact) mass is 505 g/mol. The third-order valence-corrected chi connectivity index (χ3v) is 17.3. The minimum Gasteiger partial charge on any atom is -0.444 e. The first-order valence-electron chi connectivity index (χ1n) is 12.4.